The summed E-state index contributed by atoms with van der Waals surface area (Å²) < 4.78 is 41.0. The van der Waals surface area contributed by atoms with E-state index in [0.29, 0.717) is 39.3 Å². The molecule has 2 amide bonds. The Hall–Kier alpha value is -5.11. The van der Waals surface area contributed by atoms with Crippen molar-refractivity contribution in [1.29, 1.82) is 0 Å². The zero-order chi connectivity index (χ0) is 30.5. The van der Waals surface area contributed by atoms with Crippen LogP contribution in [0.25, 0.3) is 22.3 Å². The molecule has 0 bridgehead atoms. The number of fused-ring (bicyclic) bond motifs is 1. The molecule has 5 nitrogen and oxygen atoms in total. The third-order valence-electron chi connectivity index (χ3n) is 7.90. The number of halogens is 3. The van der Waals surface area contributed by atoms with Gasteiger partial charge in [-0.3, -0.25) is 9.59 Å². The minimum atomic E-state index is -4.44. The predicted octanol–water partition coefficient (Wildman–Crippen LogP) is 8.41. The fourth-order valence-corrected chi connectivity index (χ4v) is 5.65. The van der Waals surface area contributed by atoms with Crippen molar-refractivity contribution in [2.24, 2.45) is 7.05 Å². The van der Waals surface area contributed by atoms with E-state index in [4.69, 9.17) is 0 Å². The third-order valence-corrected chi connectivity index (χ3v) is 7.90. The second-order valence-electron chi connectivity index (χ2n) is 10.8. The first kappa shape index (κ1) is 28.0. The summed E-state index contributed by atoms with van der Waals surface area (Å²) in [6, 6.07) is 26.0. The Kier molecular flexibility index (Phi) is 6.92. The molecule has 0 unspecified atom stereocenters. The van der Waals surface area contributed by atoms with E-state index in [1.165, 1.54) is 17.7 Å². The lowest BCUT2D eigenvalue weighted by Crippen LogP contribution is -2.24. The largest absolute Gasteiger partial charge is 0.416 e. The number of benzene rings is 4. The zero-order valence-corrected chi connectivity index (χ0v) is 23.8. The molecule has 2 heterocycles. The molecule has 0 saturated heterocycles. The summed E-state index contributed by atoms with van der Waals surface area (Å²) in [6.45, 7) is 4.13. The van der Waals surface area contributed by atoms with Crippen molar-refractivity contribution in [3.05, 3.63) is 131 Å². The molecule has 0 radical (unpaired) electrons. The number of alkyl halides is 3. The first-order chi connectivity index (χ1) is 20.5. The van der Waals surface area contributed by atoms with Crippen LogP contribution in [0.1, 0.15) is 43.1 Å². The number of carbonyl (C=O) groups is 2. The zero-order valence-electron chi connectivity index (χ0n) is 23.8. The lowest BCUT2D eigenvalue weighted by molar-refractivity contribution is -0.137. The Balaban J connectivity index is 1.24. The summed E-state index contributed by atoms with van der Waals surface area (Å²) in [5, 5.41) is 2.96. The number of aromatic nitrogens is 1. The SMILES string of the molecule is Cc1ccc(-c2ccc(NC(=O)c3c(C)c(N4Cc5cccc(-c6ccc(C(F)(F)F)cc6)c5C4=O)cn3C)cc2)cc1. The van der Waals surface area contributed by atoms with Crippen molar-refractivity contribution in [2.45, 2.75) is 26.6 Å². The molecule has 1 aromatic heterocycles. The quantitative estimate of drug-likeness (QED) is 0.227. The van der Waals surface area contributed by atoms with E-state index in [1.807, 2.05) is 37.3 Å². The van der Waals surface area contributed by atoms with Gasteiger partial charge in [0.25, 0.3) is 11.8 Å². The van der Waals surface area contributed by atoms with Crippen molar-refractivity contribution < 1.29 is 22.8 Å². The fraction of sp³-hybridized carbons (Fsp3) is 0.143. The van der Waals surface area contributed by atoms with E-state index >= 15 is 0 Å². The number of nitrogens with one attached hydrogen (secondary N) is 1. The Labute approximate surface area is 247 Å². The minimum Gasteiger partial charge on any atom is -0.344 e. The third kappa shape index (κ3) is 5.20. The standard InChI is InChI=1S/C35H28F3N3O2/c1-21-7-9-23(10-8-21)24-13-17-28(18-14-24)39-33(42)32-22(2)30(20-40(32)3)41-19-26-5-4-6-29(31(26)34(41)43)25-11-15-27(16-12-25)35(36,37)38/h4-18,20H,19H2,1-3H3,(H,39,42). The van der Waals surface area contributed by atoms with Gasteiger partial charge in [0.15, 0.2) is 0 Å². The molecule has 1 aliphatic heterocycles. The molecule has 8 heteroatoms. The molecule has 0 saturated carbocycles. The van der Waals surface area contributed by atoms with Crippen LogP contribution in [0.5, 0.6) is 0 Å². The molecule has 0 aliphatic carbocycles. The molecule has 5 aromatic rings. The molecule has 216 valence electrons. The molecule has 1 N–H and O–H groups in total. The molecule has 0 atom stereocenters. The van der Waals surface area contributed by atoms with Crippen LogP contribution in [-0.2, 0) is 19.8 Å². The Morgan fingerprint density at radius 1 is 0.814 bits per heavy atom. The second kappa shape index (κ2) is 10.6. The summed E-state index contributed by atoms with van der Waals surface area (Å²) >= 11 is 0. The summed E-state index contributed by atoms with van der Waals surface area (Å²) in [6.07, 6.45) is -2.68. The van der Waals surface area contributed by atoms with E-state index in [0.717, 1.165) is 28.8 Å². The van der Waals surface area contributed by atoms with Crippen LogP contribution in [0.3, 0.4) is 0 Å². The van der Waals surface area contributed by atoms with E-state index in [1.54, 1.807) is 41.8 Å². The number of amides is 2. The molecular formula is C35H28F3N3O2. The van der Waals surface area contributed by atoms with Crippen LogP contribution in [-0.4, -0.2) is 16.4 Å². The maximum Gasteiger partial charge on any atom is 0.416 e. The number of nitrogens with zero attached hydrogens (tertiary/aromatic N) is 2. The van der Waals surface area contributed by atoms with Crippen molar-refractivity contribution in [2.75, 3.05) is 10.2 Å². The number of anilines is 2. The number of hydrogen-bond donors (Lipinski definition) is 1. The average Bonchev–Trinajstić information content (AvgIpc) is 3.48. The lowest BCUT2D eigenvalue weighted by atomic mass is 9.96. The highest BCUT2D eigenvalue weighted by Gasteiger charge is 2.34. The highest BCUT2D eigenvalue weighted by molar-refractivity contribution is 6.15. The molecule has 0 fully saturated rings. The summed E-state index contributed by atoms with van der Waals surface area (Å²) in [7, 11) is 1.76. The molecular weight excluding hydrogens is 551 g/mol. The van der Waals surface area contributed by atoms with Crippen LogP contribution < -0.4 is 10.2 Å². The number of carbonyl (C=O) groups excluding carboxylic acids is 2. The van der Waals surface area contributed by atoms with Gasteiger partial charge in [-0.05, 0) is 65.9 Å². The summed E-state index contributed by atoms with van der Waals surface area (Å²) in [5.74, 6) is -0.568. The smallest absolute Gasteiger partial charge is 0.344 e. The minimum absolute atomic E-state index is 0.266. The van der Waals surface area contributed by atoms with Gasteiger partial charge in [0.05, 0.1) is 23.4 Å². The highest BCUT2D eigenvalue weighted by Crippen LogP contribution is 2.38. The van der Waals surface area contributed by atoms with Gasteiger partial charge < -0.3 is 14.8 Å². The van der Waals surface area contributed by atoms with Gasteiger partial charge >= 0.3 is 6.18 Å². The molecule has 0 spiro atoms. The van der Waals surface area contributed by atoms with Crippen LogP contribution in [0.4, 0.5) is 24.5 Å². The van der Waals surface area contributed by atoms with E-state index in [9.17, 15) is 22.8 Å². The Bertz CT molecular complexity index is 1850. The monoisotopic (exact) mass is 579 g/mol. The van der Waals surface area contributed by atoms with Crippen molar-refractivity contribution in [3.63, 3.8) is 0 Å². The van der Waals surface area contributed by atoms with E-state index in [2.05, 4.69) is 29.6 Å². The Morgan fingerprint density at radius 2 is 1.42 bits per heavy atom. The van der Waals surface area contributed by atoms with Crippen molar-refractivity contribution >= 4 is 23.2 Å². The Morgan fingerprint density at radius 3 is 2.05 bits per heavy atom. The van der Waals surface area contributed by atoms with Crippen LogP contribution >= 0.6 is 0 Å². The number of aryl methyl sites for hydroxylation is 2. The number of rotatable bonds is 5. The first-order valence-corrected chi connectivity index (χ1v) is 13.8. The normalized spacial score (nSPS) is 12.9. The van der Waals surface area contributed by atoms with Gasteiger partial charge in [-0.1, -0.05) is 72.3 Å². The van der Waals surface area contributed by atoms with Gasteiger partial charge in [0, 0.05) is 24.5 Å². The van der Waals surface area contributed by atoms with E-state index < -0.39 is 11.7 Å². The van der Waals surface area contributed by atoms with Crippen LogP contribution in [0.2, 0.25) is 0 Å². The van der Waals surface area contributed by atoms with Gasteiger partial charge in [-0.2, -0.15) is 13.2 Å². The van der Waals surface area contributed by atoms with Gasteiger partial charge in [0.2, 0.25) is 0 Å². The van der Waals surface area contributed by atoms with Crippen molar-refractivity contribution in [1.82, 2.24) is 4.57 Å². The van der Waals surface area contributed by atoms with Crippen molar-refractivity contribution in [3.8, 4) is 22.3 Å². The molecule has 1 aliphatic rings. The molecule has 43 heavy (non-hydrogen) atoms. The predicted molar refractivity (Wildman–Crippen MR) is 162 cm³/mol. The maximum absolute atomic E-state index is 13.8. The van der Waals surface area contributed by atoms with Crippen LogP contribution in [0, 0.1) is 13.8 Å². The van der Waals surface area contributed by atoms with Gasteiger partial charge in [0.1, 0.15) is 5.69 Å². The number of hydrogen-bond acceptors (Lipinski definition) is 2. The van der Waals surface area contributed by atoms with Gasteiger partial charge in [-0.25, -0.2) is 0 Å². The average molecular weight is 580 g/mol. The highest BCUT2D eigenvalue weighted by atomic mass is 19.4. The van der Waals surface area contributed by atoms with Crippen LogP contribution in [0.15, 0.2) is 97.2 Å². The summed E-state index contributed by atoms with van der Waals surface area (Å²) in [4.78, 5) is 28.8. The lowest BCUT2D eigenvalue weighted by Gasteiger charge is -2.16. The van der Waals surface area contributed by atoms with E-state index in [-0.39, 0.29) is 18.4 Å². The second-order valence-corrected chi connectivity index (χ2v) is 10.8. The maximum atomic E-state index is 13.8. The molecule has 4 aromatic carbocycles. The molecule has 6 rings (SSSR count). The summed E-state index contributed by atoms with van der Waals surface area (Å²) in [5.41, 5.74) is 7.19. The fourth-order valence-electron chi connectivity index (χ4n) is 5.65. The topological polar surface area (TPSA) is 54.3 Å². The van der Waals surface area contributed by atoms with Gasteiger partial charge in [-0.15, -0.1) is 0 Å². The first-order valence-electron chi connectivity index (χ1n) is 13.8.